The van der Waals surface area contributed by atoms with Gasteiger partial charge in [-0.25, -0.2) is 0 Å². The van der Waals surface area contributed by atoms with Crippen molar-refractivity contribution in [3.8, 4) is 5.75 Å². The number of benzene rings is 1. The van der Waals surface area contributed by atoms with Crippen LogP contribution in [0, 0.1) is 5.92 Å². The molecule has 1 aromatic rings. The number of aromatic hydroxyl groups is 1. The maximum atomic E-state index is 12.1. The molecule has 0 spiro atoms. The van der Waals surface area contributed by atoms with Crippen LogP contribution < -0.4 is 5.73 Å². The van der Waals surface area contributed by atoms with Crippen molar-refractivity contribution >= 4 is 5.91 Å². The lowest BCUT2D eigenvalue weighted by Crippen LogP contribution is -2.45. The van der Waals surface area contributed by atoms with Crippen LogP contribution in [0.4, 0.5) is 0 Å². The highest BCUT2D eigenvalue weighted by Crippen LogP contribution is 2.14. The molecule has 1 amide bonds. The second kappa shape index (κ2) is 6.40. The molecule has 4 nitrogen and oxygen atoms in total. The van der Waals surface area contributed by atoms with Crippen molar-refractivity contribution in [2.24, 2.45) is 11.7 Å². The van der Waals surface area contributed by atoms with Gasteiger partial charge in [0.25, 0.3) is 0 Å². The first-order chi connectivity index (χ1) is 8.45. The summed E-state index contributed by atoms with van der Waals surface area (Å²) in [6.45, 7) is 4.45. The van der Waals surface area contributed by atoms with Crippen LogP contribution in [0.5, 0.6) is 5.75 Å². The molecule has 0 aliphatic heterocycles. The Bertz CT molecular complexity index is 407. The van der Waals surface area contributed by atoms with E-state index in [-0.39, 0.29) is 17.6 Å². The fourth-order valence-electron chi connectivity index (χ4n) is 1.76. The zero-order chi connectivity index (χ0) is 13.7. The molecule has 1 aromatic carbocycles. The molecule has 2 atom stereocenters. The van der Waals surface area contributed by atoms with E-state index in [4.69, 9.17) is 5.73 Å². The van der Waals surface area contributed by atoms with E-state index in [0.717, 1.165) is 12.0 Å². The SMILES string of the molecule is CCC(C)C(N)C(=O)N(C)Cc1cccc(O)c1. The minimum Gasteiger partial charge on any atom is -0.508 e. The summed E-state index contributed by atoms with van der Waals surface area (Å²) in [4.78, 5) is 13.7. The summed E-state index contributed by atoms with van der Waals surface area (Å²) in [6, 6.07) is 6.43. The van der Waals surface area contributed by atoms with Crippen molar-refractivity contribution in [2.45, 2.75) is 32.9 Å². The molecule has 18 heavy (non-hydrogen) atoms. The molecule has 0 aliphatic rings. The molecular formula is C14H22N2O2. The van der Waals surface area contributed by atoms with Gasteiger partial charge in [0.2, 0.25) is 5.91 Å². The molecule has 3 N–H and O–H groups in total. The smallest absolute Gasteiger partial charge is 0.239 e. The lowest BCUT2D eigenvalue weighted by Gasteiger charge is -2.24. The first kappa shape index (κ1) is 14.5. The summed E-state index contributed by atoms with van der Waals surface area (Å²) in [6.07, 6.45) is 0.882. The summed E-state index contributed by atoms with van der Waals surface area (Å²) < 4.78 is 0. The maximum Gasteiger partial charge on any atom is 0.239 e. The second-order valence-corrected chi connectivity index (χ2v) is 4.78. The second-order valence-electron chi connectivity index (χ2n) is 4.78. The van der Waals surface area contributed by atoms with Crippen molar-refractivity contribution in [1.29, 1.82) is 0 Å². The predicted octanol–water partition coefficient (Wildman–Crippen LogP) is 1.72. The van der Waals surface area contributed by atoms with Gasteiger partial charge in [0.05, 0.1) is 6.04 Å². The number of carbonyl (C=O) groups is 1. The van der Waals surface area contributed by atoms with E-state index in [1.807, 2.05) is 19.9 Å². The van der Waals surface area contributed by atoms with Crippen molar-refractivity contribution in [3.05, 3.63) is 29.8 Å². The van der Waals surface area contributed by atoms with Gasteiger partial charge >= 0.3 is 0 Å². The standard InChI is InChI=1S/C14H22N2O2/c1-4-10(2)13(15)14(18)16(3)9-11-6-5-7-12(17)8-11/h5-8,10,13,17H,4,9,15H2,1-3H3. The Balaban J connectivity index is 2.65. The number of nitrogens with zero attached hydrogens (tertiary/aromatic N) is 1. The lowest BCUT2D eigenvalue weighted by molar-refractivity contribution is -0.132. The summed E-state index contributed by atoms with van der Waals surface area (Å²) >= 11 is 0. The van der Waals surface area contributed by atoms with Gasteiger partial charge in [0.15, 0.2) is 0 Å². The Hall–Kier alpha value is -1.55. The van der Waals surface area contributed by atoms with E-state index in [2.05, 4.69) is 0 Å². The summed E-state index contributed by atoms with van der Waals surface area (Å²) in [5.74, 6) is 0.316. The molecule has 4 heteroatoms. The van der Waals surface area contributed by atoms with Gasteiger partial charge in [-0.3, -0.25) is 4.79 Å². The van der Waals surface area contributed by atoms with E-state index in [9.17, 15) is 9.90 Å². The molecule has 0 aliphatic carbocycles. The predicted molar refractivity (Wildman–Crippen MR) is 72.0 cm³/mol. The normalized spacial score (nSPS) is 14.0. The monoisotopic (exact) mass is 250 g/mol. The number of hydrogen-bond acceptors (Lipinski definition) is 3. The molecule has 0 fully saturated rings. The highest BCUT2D eigenvalue weighted by molar-refractivity contribution is 5.81. The van der Waals surface area contributed by atoms with E-state index in [1.165, 1.54) is 0 Å². The van der Waals surface area contributed by atoms with Crippen LogP contribution in [-0.2, 0) is 11.3 Å². The number of likely N-dealkylation sites (N-methyl/N-ethyl adjacent to an activating group) is 1. The third kappa shape index (κ3) is 3.74. The number of rotatable bonds is 5. The molecule has 0 radical (unpaired) electrons. The van der Waals surface area contributed by atoms with Crippen LogP contribution in [0.15, 0.2) is 24.3 Å². The molecule has 0 aromatic heterocycles. The van der Waals surface area contributed by atoms with Gasteiger partial charge in [-0.05, 0) is 23.6 Å². The van der Waals surface area contributed by atoms with Gasteiger partial charge < -0.3 is 15.7 Å². The third-order valence-corrected chi connectivity index (χ3v) is 3.25. The van der Waals surface area contributed by atoms with Crippen molar-refractivity contribution in [3.63, 3.8) is 0 Å². The number of hydrogen-bond donors (Lipinski definition) is 2. The van der Waals surface area contributed by atoms with Crippen molar-refractivity contribution < 1.29 is 9.90 Å². The molecule has 0 saturated heterocycles. The average molecular weight is 250 g/mol. The topological polar surface area (TPSA) is 66.6 Å². The van der Waals surface area contributed by atoms with Gasteiger partial charge in [-0.1, -0.05) is 32.4 Å². The Labute approximate surface area is 108 Å². The maximum absolute atomic E-state index is 12.1. The Kier molecular flexibility index (Phi) is 5.16. The number of phenols is 1. The van der Waals surface area contributed by atoms with Crippen LogP contribution in [0.3, 0.4) is 0 Å². The average Bonchev–Trinajstić information content (AvgIpc) is 2.36. The first-order valence-electron chi connectivity index (χ1n) is 6.24. The molecule has 0 heterocycles. The number of nitrogens with two attached hydrogens (primary N) is 1. The molecule has 0 bridgehead atoms. The number of phenolic OH excluding ortho intramolecular Hbond substituents is 1. The molecular weight excluding hydrogens is 228 g/mol. The Morgan fingerprint density at radius 3 is 2.72 bits per heavy atom. The lowest BCUT2D eigenvalue weighted by atomic mass is 9.99. The minimum atomic E-state index is -0.461. The zero-order valence-electron chi connectivity index (χ0n) is 11.3. The van der Waals surface area contributed by atoms with E-state index < -0.39 is 6.04 Å². The summed E-state index contributed by atoms with van der Waals surface area (Å²) in [5.41, 5.74) is 6.81. The molecule has 1 rings (SSSR count). The first-order valence-corrected chi connectivity index (χ1v) is 6.24. The van der Waals surface area contributed by atoms with Crippen molar-refractivity contribution in [2.75, 3.05) is 7.05 Å². The van der Waals surface area contributed by atoms with E-state index in [0.29, 0.717) is 6.54 Å². The van der Waals surface area contributed by atoms with Gasteiger partial charge in [0.1, 0.15) is 5.75 Å². The van der Waals surface area contributed by atoms with Crippen LogP contribution in [-0.4, -0.2) is 29.0 Å². The Morgan fingerprint density at radius 2 is 2.17 bits per heavy atom. The Morgan fingerprint density at radius 1 is 1.50 bits per heavy atom. The third-order valence-electron chi connectivity index (χ3n) is 3.25. The summed E-state index contributed by atoms with van der Waals surface area (Å²) in [5, 5.41) is 9.37. The van der Waals surface area contributed by atoms with E-state index in [1.54, 1.807) is 30.1 Å². The van der Waals surface area contributed by atoms with Crippen molar-refractivity contribution in [1.82, 2.24) is 4.90 Å². The fraction of sp³-hybridized carbons (Fsp3) is 0.500. The van der Waals surface area contributed by atoms with Crippen LogP contribution in [0.2, 0.25) is 0 Å². The van der Waals surface area contributed by atoms with Gasteiger partial charge in [0, 0.05) is 13.6 Å². The number of carbonyl (C=O) groups excluding carboxylic acids is 1. The van der Waals surface area contributed by atoms with Crippen LogP contribution >= 0.6 is 0 Å². The fourth-order valence-corrected chi connectivity index (χ4v) is 1.76. The molecule has 0 saturated carbocycles. The van der Waals surface area contributed by atoms with Gasteiger partial charge in [-0.15, -0.1) is 0 Å². The summed E-state index contributed by atoms with van der Waals surface area (Å²) in [7, 11) is 1.73. The van der Waals surface area contributed by atoms with Gasteiger partial charge in [-0.2, -0.15) is 0 Å². The largest absolute Gasteiger partial charge is 0.508 e. The highest BCUT2D eigenvalue weighted by Gasteiger charge is 2.22. The number of amides is 1. The highest BCUT2D eigenvalue weighted by atomic mass is 16.3. The van der Waals surface area contributed by atoms with Crippen LogP contribution in [0.25, 0.3) is 0 Å². The molecule has 2 unspecified atom stereocenters. The molecule has 100 valence electrons. The minimum absolute atomic E-state index is 0.0623. The quantitative estimate of drug-likeness (QED) is 0.836. The zero-order valence-corrected chi connectivity index (χ0v) is 11.3. The van der Waals surface area contributed by atoms with Crippen LogP contribution in [0.1, 0.15) is 25.8 Å². The van der Waals surface area contributed by atoms with E-state index >= 15 is 0 Å².